The third kappa shape index (κ3) is 4.83. The first-order valence-electron chi connectivity index (χ1n) is 11.0. The predicted molar refractivity (Wildman–Crippen MR) is 129 cm³/mol. The Morgan fingerprint density at radius 2 is 1.76 bits per heavy atom. The van der Waals surface area contributed by atoms with Crippen molar-refractivity contribution >= 4 is 38.4 Å². The van der Waals surface area contributed by atoms with E-state index in [1.807, 2.05) is 6.92 Å². The maximum atomic E-state index is 13.2. The monoisotopic (exact) mass is 487 g/mol. The Morgan fingerprint density at radius 1 is 1.06 bits per heavy atom. The summed E-state index contributed by atoms with van der Waals surface area (Å²) in [7, 11) is -3.70. The molecule has 0 spiro atoms. The highest BCUT2D eigenvalue weighted by Crippen LogP contribution is 2.23. The van der Waals surface area contributed by atoms with Crippen molar-refractivity contribution in [3.05, 3.63) is 75.0 Å². The van der Waals surface area contributed by atoms with Crippen LogP contribution >= 0.6 is 11.6 Å². The first-order chi connectivity index (χ1) is 15.8. The molecule has 0 unspecified atom stereocenters. The van der Waals surface area contributed by atoms with Crippen LogP contribution in [0.1, 0.15) is 42.1 Å². The van der Waals surface area contributed by atoms with Crippen LogP contribution in [0.25, 0.3) is 10.9 Å². The molecule has 33 heavy (non-hydrogen) atoms. The fraction of sp³-hybridized carbons (Fsp3) is 0.333. The molecule has 1 saturated heterocycles. The Labute approximate surface area is 198 Å². The topological polar surface area (TPSA) is 88.5 Å². The molecule has 0 saturated carbocycles. The number of aryl methyl sites for hydroxylation is 1. The predicted octanol–water partition coefficient (Wildman–Crippen LogP) is 3.78. The van der Waals surface area contributed by atoms with Crippen molar-refractivity contribution < 1.29 is 13.2 Å². The lowest BCUT2D eigenvalue weighted by atomic mass is 10.1. The lowest BCUT2D eigenvalue weighted by molar-refractivity contribution is 0.0949. The zero-order valence-corrected chi connectivity index (χ0v) is 20.0. The maximum Gasteiger partial charge on any atom is 0.257 e. The Bertz CT molecular complexity index is 1340. The number of piperidine rings is 1. The molecule has 1 fully saturated rings. The summed E-state index contributed by atoms with van der Waals surface area (Å²) in [5.74, 6) is -0.511. The van der Waals surface area contributed by atoms with Crippen LogP contribution in [0.3, 0.4) is 0 Å². The quantitative estimate of drug-likeness (QED) is 0.573. The average molecular weight is 488 g/mol. The second kappa shape index (κ2) is 9.67. The number of halogens is 1. The van der Waals surface area contributed by atoms with E-state index in [0.717, 1.165) is 24.8 Å². The molecule has 1 aliphatic rings. The molecule has 0 bridgehead atoms. The molecule has 174 valence electrons. The molecule has 2 heterocycles. The summed E-state index contributed by atoms with van der Waals surface area (Å²) in [5.41, 5.74) is 0.929. The first-order valence-corrected chi connectivity index (χ1v) is 12.8. The van der Waals surface area contributed by atoms with Crippen LogP contribution in [0.4, 0.5) is 0 Å². The maximum absolute atomic E-state index is 13.2. The van der Waals surface area contributed by atoms with Gasteiger partial charge in [0.05, 0.1) is 10.4 Å². The first kappa shape index (κ1) is 23.5. The van der Waals surface area contributed by atoms with Crippen LogP contribution in [-0.4, -0.2) is 36.3 Å². The van der Waals surface area contributed by atoms with Gasteiger partial charge in [-0.15, -0.1) is 0 Å². The van der Waals surface area contributed by atoms with E-state index in [-0.39, 0.29) is 22.4 Å². The van der Waals surface area contributed by atoms with Crippen LogP contribution in [0.5, 0.6) is 0 Å². The van der Waals surface area contributed by atoms with E-state index in [4.69, 9.17) is 11.6 Å². The number of nitrogens with one attached hydrogen (secondary N) is 1. The van der Waals surface area contributed by atoms with Crippen molar-refractivity contribution in [2.24, 2.45) is 0 Å². The van der Waals surface area contributed by atoms with Gasteiger partial charge in [-0.3, -0.25) is 9.59 Å². The van der Waals surface area contributed by atoms with E-state index >= 15 is 0 Å². The third-order valence-corrected chi connectivity index (χ3v) is 8.10. The van der Waals surface area contributed by atoms with Gasteiger partial charge in [-0.25, -0.2) is 8.42 Å². The lowest BCUT2D eigenvalue weighted by Crippen LogP contribution is -2.35. The van der Waals surface area contributed by atoms with E-state index in [1.54, 1.807) is 34.9 Å². The van der Waals surface area contributed by atoms with Gasteiger partial charge in [-0.1, -0.05) is 30.2 Å². The summed E-state index contributed by atoms with van der Waals surface area (Å²) in [6.07, 6.45) is 4.20. The van der Waals surface area contributed by atoms with Gasteiger partial charge < -0.3 is 9.88 Å². The zero-order chi connectivity index (χ0) is 23.6. The number of nitrogens with zero attached hydrogens (tertiary/aromatic N) is 2. The number of sulfonamides is 1. The number of hydrogen-bond acceptors (Lipinski definition) is 4. The zero-order valence-electron chi connectivity index (χ0n) is 18.4. The van der Waals surface area contributed by atoms with Crippen LogP contribution in [0.15, 0.2) is 58.4 Å². The summed E-state index contributed by atoms with van der Waals surface area (Å²) in [5, 5.41) is 3.58. The van der Waals surface area contributed by atoms with Crippen molar-refractivity contribution in [2.75, 3.05) is 13.1 Å². The number of benzene rings is 2. The summed E-state index contributed by atoms with van der Waals surface area (Å²) in [6.45, 7) is 3.62. The number of rotatable bonds is 6. The van der Waals surface area contributed by atoms with Crippen LogP contribution in [0, 0.1) is 0 Å². The highest BCUT2D eigenvalue weighted by Gasteiger charge is 2.27. The van der Waals surface area contributed by atoms with E-state index in [0.29, 0.717) is 30.2 Å². The molecule has 0 aliphatic carbocycles. The van der Waals surface area contributed by atoms with Gasteiger partial charge in [-0.05, 0) is 55.7 Å². The lowest BCUT2D eigenvalue weighted by Gasteiger charge is -2.26. The molecular formula is C24H26ClN3O4S. The van der Waals surface area contributed by atoms with Gasteiger partial charge in [0, 0.05) is 42.8 Å². The normalized spacial score (nSPS) is 15.0. The molecule has 0 atom stereocenters. The van der Waals surface area contributed by atoms with Gasteiger partial charge in [-0.2, -0.15) is 4.31 Å². The Morgan fingerprint density at radius 3 is 2.42 bits per heavy atom. The molecular weight excluding hydrogens is 462 g/mol. The SMILES string of the molecule is CCn1cc(C(=O)NCc2ccc(Cl)cc2)c(=O)c2cc(S(=O)(=O)N3CCCCC3)ccc21. The molecule has 3 aromatic rings. The number of hydrogen-bond donors (Lipinski definition) is 1. The smallest absolute Gasteiger partial charge is 0.257 e. The van der Waals surface area contributed by atoms with Gasteiger partial charge in [0.1, 0.15) is 5.56 Å². The number of carbonyl (C=O) groups excluding carboxylic acids is 1. The van der Waals surface area contributed by atoms with Gasteiger partial charge in [0.25, 0.3) is 5.91 Å². The van der Waals surface area contributed by atoms with Gasteiger partial charge in [0.2, 0.25) is 15.5 Å². The number of carbonyl (C=O) groups is 1. The summed E-state index contributed by atoms with van der Waals surface area (Å²) in [6, 6.07) is 11.6. The van der Waals surface area contributed by atoms with Crippen molar-refractivity contribution in [3.63, 3.8) is 0 Å². The van der Waals surface area contributed by atoms with Crippen LogP contribution in [-0.2, 0) is 23.1 Å². The average Bonchev–Trinajstić information content (AvgIpc) is 2.84. The van der Waals surface area contributed by atoms with E-state index in [9.17, 15) is 18.0 Å². The third-order valence-electron chi connectivity index (χ3n) is 5.96. The minimum atomic E-state index is -3.70. The molecule has 2 aromatic carbocycles. The second-order valence-electron chi connectivity index (χ2n) is 8.11. The second-order valence-corrected chi connectivity index (χ2v) is 10.5. The number of aromatic nitrogens is 1. The van der Waals surface area contributed by atoms with Crippen molar-refractivity contribution in [1.82, 2.24) is 14.2 Å². The standard InChI is InChI=1S/C24H26ClN3O4S/c1-2-27-16-21(24(30)26-15-17-6-8-18(25)9-7-17)23(29)20-14-19(10-11-22(20)27)33(31,32)28-12-4-3-5-13-28/h6-11,14,16H,2-5,12-13,15H2,1H3,(H,26,30). The van der Waals surface area contributed by atoms with E-state index in [1.165, 1.54) is 22.6 Å². The minimum Gasteiger partial charge on any atom is -0.348 e. The Hall–Kier alpha value is -2.68. The Kier molecular flexibility index (Phi) is 6.88. The largest absolute Gasteiger partial charge is 0.348 e. The molecule has 1 N–H and O–H groups in total. The summed E-state index contributed by atoms with van der Waals surface area (Å²) < 4.78 is 29.5. The van der Waals surface area contributed by atoms with Crippen molar-refractivity contribution in [2.45, 2.75) is 44.2 Å². The fourth-order valence-electron chi connectivity index (χ4n) is 4.09. The highest BCUT2D eigenvalue weighted by atomic mass is 35.5. The molecule has 9 heteroatoms. The van der Waals surface area contributed by atoms with Crippen molar-refractivity contribution in [1.29, 1.82) is 0 Å². The van der Waals surface area contributed by atoms with E-state index in [2.05, 4.69) is 5.32 Å². The Balaban J connectivity index is 1.70. The molecule has 4 rings (SSSR count). The number of pyridine rings is 1. The highest BCUT2D eigenvalue weighted by molar-refractivity contribution is 7.89. The minimum absolute atomic E-state index is 0.0224. The molecule has 1 amide bonds. The van der Waals surface area contributed by atoms with Gasteiger partial charge >= 0.3 is 0 Å². The molecule has 0 radical (unpaired) electrons. The van der Waals surface area contributed by atoms with Crippen LogP contribution in [0.2, 0.25) is 5.02 Å². The molecule has 1 aromatic heterocycles. The fourth-order valence-corrected chi connectivity index (χ4v) is 5.76. The van der Waals surface area contributed by atoms with Crippen molar-refractivity contribution in [3.8, 4) is 0 Å². The summed E-state index contributed by atoms with van der Waals surface area (Å²) >= 11 is 5.90. The number of amides is 1. The van der Waals surface area contributed by atoms with Gasteiger partial charge in [0.15, 0.2) is 0 Å². The molecule has 7 nitrogen and oxygen atoms in total. The van der Waals surface area contributed by atoms with E-state index < -0.39 is 21.4 Å². The summed E-state index contributed by atoms with van der Waals surface area (Å²) in [4.78, 5) is 26.2. The number of fused-ring (bicyclic) bond motifs is 1. The molecule has 1 aliphatic heterocycles. The van der Waals surface area contributed by atoms with Crippen LogP contribution < -0.4 is 10.7 Å².